The third-order valence-corrected chi connectivity index (χ3v) is 3.88. The fourth-order valence-electron chi connectivity index (χ4n) is 1.94. The van der Waals surface area contributed by atoms with E-state index in [2.05, 4.69) is 34.7 Å². The van der Waals surface area contributed by atoms with Crippen LogP contribution in [0.5, 0.6) is 0 Å². The van der Waals surface area contributed by atoms with Crippen molar-refractivity contribution in [3.63, 3.8) is 0 Å². The molecule has 1 unspecified atom stereocenters. The van der Waals surface area contributed by atoms with Crippen molar-refractivity contribution in [2.75, 3.05) is 6.54 Å². The van der Waals surface area contributed by atoms with E-state index in [1.54, 1.807) is 10.7 Å². The smallest absolute Gasteiger partial charge is 0.173 e. The van der Waals surface area contributed by atoms with Crippen molar-refractivity contribution in [1.29, 1.82) is 0 Å². The Balaban J connectivity index is 2.34. The molecule has 0 amide bonds. The number of aromatic nitrogens is 4. The first-order valence-corrected chi connectivity index (χ1v) is 7.63. The summed E-state index contributed by atoms with van der Waals surface area (Å²) < 4.78 is 1.63. The van der Waals surface area contributed by atoms with Gasteiger partial charge in [0.05, 0.1) is 16.8 Å². The number of hydrogen-bond acceptors (Lipinski definition) is 4. The zero-order valence-electron chi connectivity index (χ0n) is 12.6. The molecular weight excluding hydrogens is 309 g/mol. The summed E-state index contributed by atoms with van der Waals surface area (Å²) in [6.07, 6.45) is 0. The molecule has 0 bridgehead atoms. The van der Waals surface area contributed by atoms with Crippen LogP contribution in [-0.4, -0.2) is 26.8 Å². The summed E-state index contributed by atoms with van der Waals surface area (Å²) in [6.45, 7) is 9.12. The lowest BCUT2D eigenvalue weighted by atomic mass is 10.2. The van der Waals surface area contributed by atoms with E-state index < -0.39 is 0 Å². The van der Waals surface area contributed by atoms with Gasteiger partial charge in [0, 0.05) is 5.02 Å². The summed E-state index contributed by atoms with van der Waals surface area (Å²) >= 11 is 12.5. The quantitative estimate of drug-likeness (QED) is 0.911. The molecule has 0 aliphatic heterocycles. The zero-order chi connectivity index (χ0) is 15.6. The molecule has 0 saturated heterocycles. The molecule has 0 spiro atoms. The molecule has 5 nitrogen and oxygen atoms in total. The highest BCUT2D eigenvalue weighted by Gasteiger charge is 2.18. The average molecular weight is 328 g/mol. The second-order valence-electron chi connectivity index (χ2n) is 5.53. The molecule has 1 heterocycles. The monoisotopic (exact) mass is 327 g/mol. The fourth-order valence-corrected chi connectivity index (χ4v) is 2.39. The molecule has 1 aromatic heterocycles. The first-order valence-electron chi connectivity index (χ1n) is 6.87. The fraction of sp³-hybridized carbons (Fsp3) is 0.500. The van der Waals surface area contributed by atoms with Crippen LogP contribution in [0.25, 0.3) is 5.69 Å². The molecule has 114 valence electrons. The van der Waals surface area contributed by atoms with Crippen LogP contribution in [0.3, 0.4) is 0 Å². The molecule has 1 aromatic carbocycles. The summed E-state index contributed by atoms with van der Waals surface area (Å²) in [5, 5.41) is 16.5. The number of hydrogen-bond donors (Lipinski definition) is 1. The number of nitrogens with one attached hydrogen (secondary N) is 1. The van der Waals surface area contributed by atoms with E-state index in [0.717, 1.165) is 12.1 Å². The lowest BCUT2D eigenvalue weighted by molar-refractivity contribution is 0.475. The highest BCUT2D eigenvalue weighted by molar-refractivity contribution is 6.35. The number of tetrazole rings is 1. The lowest BCUT2D eigenvalue weighted by Crippen LogP contribution is -2.25. The number of halogens is 2. The van der Waals surface area contributed by atoms with Crippen LogP contribution in [-0.2, 0) is 0 Å². The minimum Gasteiger partial charge on any atom is -0.307 e. The van der Waals surface area contributed by atoms with Gasteiger partial charge in [0.15, 0.2) is 5.82 Å². The number of nitrogens with zero attached hydrogens (tertiary/aromatic N) is 4. The minimum atomic E-state index is 0.0125. The minimum absolute atomic E-state index is 0.0125. The van der Waals surface area contributed by atoms with E-state index in [1.807, 2.05) is 19.9 Å². The topological polar surface area (TPSA) is 55.6 Å². The predicted octanol–water partition coefficient (Wildman–Crippen LogP) is 3.58. The first-order chi connectivity index (χ1) is 9.90. The largest absolute Gasteiger partial charge is 0.307 e. The average Bonchev–Trinajstić information content (AvgIpc) is 2.89. The SMILES string of the molecule is Cc1cc(Cl)c(-n2nnnc2C(C)NCC(C)C)cc1Cl. The maximum absolute atomic E-state index is 6.30. The van der Waals surface area contributed by atoms with Gasteiger partial charge in [-0.15, -0.1) is 5.10 Å². The van der Waals surface area contributed by atoms with Crippen molar-refractivity contribution >= 4 is 23.2 Å². The molecule has 7 heteroatoms. The molecule has 1 atom stereocenters. The standard InChI is InChI=1S/C14H19Cl2N5/c1-8(2)7-17-10(4)14-18-19-20-21(14)13-6-11(15)9(3)5-12(13)16/h5-6,8,10,17H,7H2,1-4H3. The number of aryl methyl sites for hydroxylation is 1. The second-order valence-corrected chi connectivity index (χ2v) is 6.34. The van der Waals surface area contributed by atoms with E-state index in [0.29, 0.717) is 27.5 Å². The first kappa shape index (κ1) is 16.2. The lowest BCUT2D eigenvalue weighted by Gasteiger charge is -2.16. The van der Waals surface area contributed by atoms with Gasteiger partial charge in [-0.3, -0.25) is 0 Å². The van der Waals surface area contributed by atoms with Crippen LogP contribution in [0, 0.1) is 12.8 Å². The Kier molecular flexibility index (Phi) is 5.19. The third-order valence-electron chi connectivity index (χ3n) is 3.17. The van der Waals surface area contributed by atoms with Gasteiger partial charge in [-0.25, -0.2) is 0 Å². The van der Waals surface area contributed by atoms with E-state index in [9.17, 15) is 0 Å². The molecule has 0 saturated carbocycles. The summed E-state index contributed by atoms with van der Waals surface area (Å²) in [5.41, 5.74) is 1.61. The predicted molar refractivity (Wildman–Crippen MR) is 85.2 cm³/mol. The summed E-state index contributed by atoms with van der Waals surface area (Å²) in [6, 6.07) is 3.61. The van der Waals surface area contributed by atoms with E-state index in [-0.39, 0.29) is 6.04 Å². The molecular formula is C14H19Cl2N5. The van der Waals surface area contributed by atoms with Crippen molar-refractivity contribution in [1.82, 2.24) is 25.5 Å². The Morgan fingerprint density at radius 1 is 1.19 bits per heavy atom. The number of rotatable bonds is 5. The normalized spacial score (nSPS) is 12.9. The molecule has 2 aromatic rings. The van der Waals surface area contributed by atoms with Gasteiger partial charge >= 0.3 is 0 Å². The van der Waals surface area contributed by atoms with Crippen LogP contribution in [0.4, 0.5) is 0 Å². The van der Waals surface area contributed by atoms with E-state index in [4.69, 9.17) is 23.2 Å². The van der Waals surface area contributed by atoms with Gasteiger partial charge in [0.1, 0.15) is 0 Å². The van der Waals surface area contributed by atoms with Crippen molar-refractivity contribution in [3.8, 4) is 5.69 Å². The van der Waals surface area contributed by atoms with Crippen molar-refractivity contribution < 1.29 is 0 Å². The van der Waals surface area contributed by atoms with Crippen molar-refractivity contribution in [2.45, 2.75) is 33.7 Å². The Labute approximate surface area is 134 Å². The van der Waals surface area contributed by atoms with Gasteiger partial charge < -0.3 is 5.32 Å². The van der Waals surface area contributed by atoms with Crippen molar-refractivity contribution in [2.24, 2.45) is 5.92 Å². The molecule has 2 rings (SSSR count). The maximum atomic E-state index is 6.30. The van der Waals surface area contributed by atoms with Gasteiger partial charge in [0.25, 0.3) is 0 Å². The summed E-state index contributed by atoms with van der Waals surface area (Å²) in [5.74, 6) is 1.26. The maximum Gasteiger partial charge on any atom is 0.173 e. The van der Waals surface area contributed by atoms with Gasteiger partial charge in [-0.2, -0.15) is 4.68 Å². The number of benzene rings is 1. The Morgan fingerprint density at radius 3 is 2.57 bits per heavy atom. The summed E-state index contributed by atoms with van der Waals surface area (Å²) in [4.78, 5) is 0. The molecule has 0 radical (unpaired) electrons. The highest BCUT2D eigenvalue weighted by atomic mass is 35.5. The third kappa shape index (κ3) is 3.73. The second kappa shape index (κ2) is 6.73. The highest BCUT2D eigenvalue weighted by Crippen LogP contribution is 2.28. The Bertz CT molecular complexity index is 624. The van der Waals surface area contributed by atoms with Gasteiger partial charge in [0.2, 0.25) is 0 Å². The van der Waals surface area contributed by atoms with Crippen LogP contribution >= 0.6 is 23.2 Å². The Hall–Kier alpha value is -1.17. The van der Waals surface area contributed by atoms with Crippen molar-refractivity contribution in [3.05, 3.63) is 33.6 Å². The molecule has 0 aliphatic carbocycles. The van der Waals surface area contributed by atoms with Crippen LogP contribution in [0.1, 0.15) is 38.2 Å². The summed E-state index contributed by atoms with van der Waals surface area (Å²) in [7, 11) is 0. The molecule has 0 aliphatic rings. The van der Waals surface area contributed by atoms with Crippen LogP contribution in [0.15, 0.2) is 12.1 Å². The Morgan fingerprint density at radius 2 is 1.90 bits per heavy atom. The van der Waals surface area contributed by atoms with Crippen LogP contribution < -0.4 is 5.32 Å². The van der Waals surface area contributed by atoms with Gasteiger partial charge in [-0.1, -0.05) is 37.0 Å². The van der Waals surface area contributed by atoms with E-state index in [1.165, 1.54) is 0 Å². The molecule has 21 heavy (non-hydrogen) atoms. The molecule has 1 N–H and O–H groups in total. The zero-order valence-corrected chi connectivity index (χ0v) is 14.1. The van der Waals surface area contributed by atoms with E-state index >= 15 is 0 Å². The van der Waals surface area contributed by atoms with Gasteiger partial charge in [-0.05, 0) is 54.4 Å². The van der Waals surface area contributed by atoms with Crippen LogP contribution in [0.2, 0.25) is 10.0 Å². The molecule has 0 fully saturated rings.